The average Bonchev–Trinajstić information content (AvgIpc) is 2.77. The molecule has 1 aliphatic rings. The van der Waals surface area contributed by atoms with Crippen LogP contribution in [0.4, 0.5) is 0 Å². The molecular weight excluding hydrogens is 285 g/mol. The Kier molecular flexibility index (Phi) is 5.68. The number of halogens is 2. The maximum absolute atomic E-state index is 6.18. The molecule has 1 fully saturated rings. The summed E-state index contributed by atoms with van der Waals surface area (Å²) in [6.45, 7) is 2.99. The lowest BCUT2D eigenvalue weighted by Crippen LogP contribution is -2.33. The van der Waals surface area contributed by atoms with Crippen molar-refractivity contribution in [3.63, 3.8) is 0 Å². The van der Waals surface area contributed by atoms with Crippen LogP contribution in [0.1, 0.15) is 31.7 Å². The highest BCUT2D eigenvalue weighted by molar-refractivity contribution is 7.99. The molecule has 0 amide bonds. The first-order valence-electron chi connectivity index (χ1n) is 6.50. The summed E-state index contributed by atoms with van der Waals surface area (Å²) in [5, 5.41) is 5.89. The standard InChI is InChI=1S/C14H19Cl2NS/c1-2-18-14-8-4-7-13(14)17-9-10-11(15)5-3-6-12(10)16/h3,5-6,13-14,17H,2,4,7-9H2,1H3. The van der Waals surface area contributed by atoms with Gasteiger partial charge >= 0.3 is 0 Å². The largest absolute Gasteiger partial charge is 0.309 e. The Hall–Kier alpha value is 0.110. The molecule has 18 heavy (non-hydrogen) atoms. The highest BCUT2D eigenvalue weighted by Crippen LogP contribution is 2.31. The molecule has 2 unspecified atom stereocenters. The zero-order valence-corrected chi connectivity index (χ0v) is 12.9. The molecule has 1 nitrogen and oxygen atoms in total. The summed E-state index contributed by atoms with van der Waals surface area (Å²) in [6.07, 6.45) is 3.91. The fourth-order valence-corrected chi connectivity index (χ4v) is 4.26. The third-order valence-corrected chi connectivity index (χ3v) is 5.47. The number of nitrogens with one attached hydrogen (secondary N) is 1. The summed E-state index contributed by atoms with van der Waals surface area (Å²) < 4.78 is 0. The SMILES string of the molecule is CCSC1CCCC1NCc1c(Cl)cccc1Cl. The van der Waals surface area contributed by atoms with Gasteiger partial charge in [0.2, 0.25) is 0 Å². The van der Waals surface area contributed by atoms with Gasteiger partial charge in [0.15, 0.2) is 0 Å². The van der Waals surface area contributed by atoms with Gasteiger partial charge in [-0.1, -0.05) is 42.6 Å². The lowest BCUT2D eigenvalue weighted by Gasteiger charge is -2.20. The second-order valence-corrected chi connectivity index (χ2v) is 6.94. The lowest BCUT2D eigenvalue weighted by molar-refractivity contribution is 0.532. The second kappa shape index (κ2) is 7.04. The third-order valence-electron chi connectivity index (χ3n) is 3.44. The van der Waals surface area contributed by atoms with Crippen LogP contribution in [0.25, 0.3) is 0 Å². The van der Waals surface area contributed by atoms with Crippen molar-refractivity contribution in [2.75, 3.05) is 5.75 Å². The first-order valence-corrected chi connectivity index (χ1v) is 8.30. The van der Waals surface area contributed by atoms with E-state index in [-0.39, 0.29) is 0 Å². The molecule has 0 aliphatic heterocycles. The van der Waals surface area contributed by atoms with E-state index in [9.17, 15) is 0 Å². The van der Waals surface area contributed by atoms with Crippen molar-refractivity contribution in [2.45, 2.75) is 44.0 Å². The molecule has 1 aromatic carbocycles. The van der Waals surface area contributed by atoms with Gasteiger partial charge in [0.05, 0.1) is 0 Å². The van der Waals surface area contributed by atoms with Crippen LogP contribution in [-0.4, -0.2) is 17.0 Å². The molecule has 0 radical (unpaired) electrons. The van der Waals surface area contributed by atoms with Crippen molar-refractivity contribution in [3.8, 4) is 0 Å². The third kappa shape index (κ3) is 3.57. The summed E-state index contributed by atoms with van der Waals surface area (Å²) in [7, 11) is 0. The molecule has 2 rings (SSSR count). The van der Waals surface area contributed by atoms with E-state index in [1.807, 2.05) is 18.2 Å². The van der Waals surface area contributed by atoms with Crippen molar-refractivity contribution in [3.05, 3.63) is 33.8 Å². The number of rotatable bonds is 5. The van der Waals surface area contributed by atoms with Gasteiger partial charge in [0, 0.05) is 33.4 Å². The van der Waals surface area contributed by atoms with Crippen LogP contribution in [0.3, 0.4) is 0 Å². The van der Waals surface area contributed by atoms with Crippen LogP contribution < -0.4 is 5.32 Å². The fourth-order valence-electron chi connectivity index (χ4n) is 2.51. The van der Waals surface area contributed by atoms with Crippen molar-refractivity contribution < 1.29 is 0 Å². The normalized spacial score (nSPS) is 23.5. The molecule has 100 valence electrons. The van der Waals surface area contributed by atoms with Gasteiger partial charge in [-0.25, -0.2) is 0 Å². The van der Waals surface area contributed by atoms with E-state index < -0.39 is 0 Å². The average molecular weight is 304 g/mol. The predicted molar refractivity (Wildman–Crippen MR) is 82.9 cm³/mol. The Balaban J connectivity index is 1.95. The first-order chi connectivity index (χ1) is 8.72. The maximum atomic E-state index is 6.18. The minimum absolute atomic E-state index is 0.599. The molecule has 1 saturated carbocycles. The Morgan fingerprint density at radius 3 is 2.67 bits per heavy atom. The monoisotopic (exact) mass is 303 g/mol. The second-order valence-electron chi connectivity index (χ2n) is 4.61. The van der Waals surface area contributed by atoms with Crippen molar-refractivity contribution in [1.29, 1.82) is 0 Å². The van der Waals surface area contributed by atoms with Gasteiger partial charge in [-0.15, -0.1) is 0 Å². The summed E-state index contributed by atoms with van der Waals surface area (Å²) >= 11 is 14.4. The van der Waals surface area contributed by atoms with E-state index >= 15 is 0 Å². The number of hydrogen-bond acceptors (Lipinski definition) is 2. The van der Waals surface area contributed by atoms with E-state index in [0.29, 0.717) is 6.04 Å². The zero-order chi connectivity index (χ0) is 13.0. The highest BCUT2D eigenvalue weighted by Gasteiger charge is 2.26. The van der Waals surface area contributed by atoms with Crippen molar-refractivity contribution >= 4 is 35.0 Å². The van der Waals surface area contributed by atoms with E-state index in [1.54, 1.807) is 0 Å². The molecule has 2 atom stereocenters. The molecule has 0 spiro atoms. The van der Waals surface area contributed by atoms with Crippen LogP contribution in [0.2, 0.25) is 10.0 Å². The summed E-state index contributed by atoms with van der Waals surface area (Å²) in [6, 6.07) is 6.29. The van der Waals surface area contributed by atoms with Crippen LogP contribution in [0, 0.1) is 0 Å². The molecule has 0 heterocycles. The molecule has 0 saturated heterocycles. The minimum atomic E-state index is 0.599. The number of hydrogen-bond donors (Lipinski definition) is 1. The van der Waals surface area contributed by atoms with E-state index in [1.165, 1.54) is 25.0 Å². The summed E-state index contributed by atoms with van der Waals surface area (Å²) in [5.74, 6) is 1.19. The quantitative estimate of drug-likeness (QED) is 0.842. The van der Waals surface area contributed by atoms with Crippen molar-refractivity contribution in [2.24, 2.45) is 0 Å². The Labute approximate surface area is 124 Å². The summed E-state index contributed by atoms with van der Waals surface area (Å²) in [5.41, 5.74) is 1.02. The molecule has 1 aliphatic carbocycles. The van der Waals surface area contributed by atoms with Crippen LogP contribution in [-0.2, 0) is 6.54 Å². The zero-order valence-electron chi connectivity index (χ0n) is 10.6. The van der Waals surface area contributed by atoms with Gasteiger partial charge < -0.3 is 5.32 Å². The van der Waals surface area contributed by atoms with Gasteiger partial charge in [0.25, 0.3) is 0 Å². The molecule has 0 bridgehead atoms. The summed E-state index contributed by atoms with van der Waals surface area (Å²) in [4.78, 5) is 0. The highest BCUT2D eigenvalue weighted by atomic mass is 35.5. The topological polar surface area (TPSA) is 12.0 Å². The molecule has 1 N–H and O–H groups in total. The Morgan fingerprint density at radius 1 is 1.28 bits per heavy atom. The van der Waals surface area contributed by atoms with Crippen LogP contribution in [0.5, 0.6) is 0 Å². The van der Waals surface area contributed by atoms with E-state index in [4.69, 9.17) is 23.2 Å². The van der Waals surface area contributed by atoms with Gasteiger partial charge in [-0.2, -0.15) is 11.8 Å². The predicted octanol–water partition coefficient (Wildman–Crippen LogP) is 4.76. The van der Waals surface area contributed by atoms with Gasteiger partial charge in [-0.3, -0.25) is 0 Å². The first kappa shape index (κ1) is 14.5. The minimum Gasteiger partial charge on any atom is -0.309 e. The van der Waals surface area contributed by atoms with Crippen LogP contribution >= 0.6 is 35.0 Å². The lowest BCUT2D eigenvalue weighted by atomic mass is 10.2. The maximum Gasteiger partial charge on any atom is 0.0465 e. The molecule has 1 aromatic rings. The Morgan fingerprint density at radius 2 is 2.00 bits per heavy atom. The molecule has 4 heteroatoms. The molecule has 0 aromatic heterocycles. The van der Waals surface area contributed by atoms with Crippen LogP contribution in [0.15, 0.2) is 18.2 Å². The van der Waals surface area contributed by atoms with Gasteiger partial charge in [-0.05, 0) is 30.7 Å². The van der Waals surface area contributed by atoms with E-state index in [0.717, 1.165) is 27.4 Å². The number of benzene rings is 1. The molecular formula is C14H19Cl2NS. The smallest absolute Gasteiger partial charge is 0.0465 e. The number of thioether (sulfide) groups is 1. The van der Waals surface area contributed by atoms with Crippen molar-refractivity contribution in [1.82, 2.24) is 5.32 Å². The fraction of sp³-hybridized carbons (Fsp3) is 0.571. The Bertz CT molecular complexity index is 377. The van der Waals surface area contributed by atoms with E-state index in [2.05, 4.69) is 24.0 Å². The van der Waals surface area contributed by atoms with Gasteiger partial charge in [0.1, 0.15) is 0 Å².